The van der Waals surface area contributed by atoms with Crippen molar-refractivity contribution < 1.29 is 0 Å². The van der Waals surface area contributed by atoms with Crippen LogP contribution in [-0.2, 0) is 6.54 Å². The molecule has 78 valence electrons. The molecule has 5 nitrogen and oxygen atoms in total. The minimum atomic E-state index is 0.490. The molecule has 15 heavy (non-hydrogen) atoms. The molecule has 1 heterocycles. The molecule has 2 N–H and O–H groups in total. The molecule has 0 unspecified atom stereocenters. The van der Waals surface area contributed by atoms with Crippen LogP contribution in [-0.4, -0.2) is 17.5 Å². The van der Waals surface area contributed by atoms with Crippen LogP contribution < -0.4 is 10.6 Å². The second-order valence-electron chi connectivity index (χ2n) is 2.81. The lowest BCUT2D eigenvalue weighted by molar-refractivity contribution is 0.830. The van der Waals surface area contributed by atoms with Crippen LogP contribution in [0.25, 0.3) is 0 Å². The Labute approximate surface area is 88.9 Å². The third-order valence-corrected chi connectivity index (χ3v) is 1.69. The molecule has 1 rings (SSSR count). The Hall–Kier alpha value is -2.09. The van der Waals surface area contributed by atoms with E-state index >= 15 is 0 Å². The number of hydrogen-bond donors (Lipinski definition) is 2. The fourth-order valence-electron chi connectivity index (χ4n) is 1.05. The molecule has 0 aliphatic rings. The zero-order valence-electron chi connectivity index (χ0n) is 8.57. The molecule has 0 aromatic carbocycles. The first kappa shape index (κ1) is 11.0. The van der Waals surface area contributed by atoms with Gasteiger partial charge in [0, 0.05) is 25.5 Å². The Balaban J connectivity index is 2.48. The van der Waals surface area contributed by atoms with Crippen LogP contribution in [0.1, 0.15) is 12.5 Å². The van der Waals surface area contributed by atoms with Gasteiger partial charge in [-0.25, -0.2) is 0 Å². The lowest BCUT2D eigenvalue weighted by Gasteiger charge is -2.08. The van der Waals surface area contributed by atoms with Crippen molar-refractivity contribution in [2.24, 2.45) is 4.99 Å². The number of rotatable bonds is 3. The van der Waals surface area contributed by atoms with E-state index in [0.29, 0.717) is 12.5 Å². The number of pyridine rings is 1. The number of aromatic nitrogens is 1. The summed E-state index contributed by atoms with van der Waals surface area (Å²) in [5.41, 5.74) is 1.04. The number of nitrogens with zero attached hydrogens (tertiary/aromatic N) is 3. The molecule has 0 atom stereocenters. The predicted octanol–water partition coefficient (Wildman–Crippen LogP) is 0.618. The summed E-state index contributed by atoms with van der Waals surface area (Å²) in [5.74, 6) is 0.490. The van der Waals surface area contributed by atoms with Crippen LogP contribution in [0.15, 0.2) is 29.5 Å². The zero-order valence-corrected chi connectivity index (χ0v) is 8.57. The first-order valence-corrected chi connectivity index (χ1v) is 4.70. The molecule has 0 radical (unpaired) electrons. The van der Waals surface area contributed by atoms with Crippen molar-refractivity contribution in [1.82, 2.24) is 15.6 Å². The van der Waals surface area contributed by atoms with Crippen LogP contribution in [0.3, 0.4) is 0 Å². The maximum absolute atomic E-state index is 8.43. The molecular formula is C10H13N5. The van der Waals surface area contributed by atoms with Gasteiger partial charge >= 0.3 is 0 Å². The quantitative estimate of drug-likeness (QED) is 0.429. The Morgan fingerprint density at radius 1 is 1.60 bits per heavy atom. The number of hydrogen-bond acceptors (Lipinski definition) is 3. The van der Waals surface area contributed by atoms with Gasteiger partial charge in [-0.3, -0.25) is 4.98 Å². The minimum Gasteiger partial charge on any atom is -0.356 e. The molecule has 0 spiro atoms. The summed E-state index contributed by atoms with van der Waals surface area (Å²) < 4.78 is 0. The summed E-state index contributed by atoms with van der Waals surface area (Å²) >= 11 is 0. The van der Waals surface area contributed by atoms with Crippen LogP contribution in [0.2, 0.25) is 0 Å². The lowest BCUT2D eigenvalue weighted by atomic mass is 10.3. The lowest BCUT2D eigenvalue weighted by Crippen LogP contribution is -2.36. The highest BCUT2D eigenvalue weighted by atomic mass is 15.2. The number of nitriles is 1. The highest BCUT2D eigenvalue weighted by Gasteiger charge is 1.96. The van der Waals surface area contributed by atoms with Gasteiger partial charge in [-0.05, 0) is 18.6 Å². The van der Waals surface area contributed by atoms with E-state index in [1.807, 2.05) is 19.1 Å². The fraction of sp³-hybridized carbons (Fsp3) is 0.300. The van der Waals surface area contributed by atoms with Gasteiger partial charge in [-0.15, -0.1) is 4.99 Å². The van der Waals surface area contributed by atoms with E-state index in [9.17, 15) is 0 Å². The summed E-state index contributed by atoms with van der Waals surface area (Å²) in [5, 5.41) is 14.4. The Kier molecular flexibility index (Phi) is 4.67. The second-order valence-corrected chi connectivity index (χ2v) is 2.81. The zero-order chi connectivity index (χ0) is 10.9. The van der Waals surface area contributed by atoms with Crippen molar-refractivity contribution in [2.75, 3.05) is 6.54 Å². The van der Waals surface area contributed by atoms with Crippen LogP contribution in [0.4, 0.5) is 0 Å². The summed E-state index contributed by atoms with van der Waals surface area (Å²) in [4.78, 5) is 7.60. The molecule has 5 heteroatoms. The van der Waals surface area contributed by atoms with Crippen LogP contribution in [0.5, 0.6) is 0 Å². The van der Waals surface area contributed by atoms with Crippen molar-refractivity contribution in [3.63, 3.8) is 0 Å². The second kappa shape index (κ2) is 6.38. The average Bonchev–Trinajstić information content (AvgIpc) is 2.28. The van der Waals surface area contributed by atoms with E-state index in [0.717, 1.165) is 12.1 Å². The summed E-state index contributed by atoms with van der Waals surface area (Å²) in [7, 11) is 0. The highest BCUT2D eigenvalue weighted by molar-refractivity contribution is 5.80. The van der Waals surface area contributed by atoms with Gasteiger partial charge in [0.05, 0.1) is 0 Å². The van der Waals surface area contributed by atoms with Crippen LogP contribution in [0, 0.1) is 11.5 Å². The van der Waals surface area contributed by atoms with Gasteiger partial charge in [-0.1, -0.05) is 6.07 Å². The number of guanidine groups is 1. The third-order valence-electron chi connectivity index (χ3n) is 1.69. The molecule has 1 aromatic heterocycles. The minimum absolute atomic E-state index is 0.490. The molecule has 0 amide bonds. The van der Waals surface area contributed by atoms with Crippen molar-refractivity contribution in [3.8, 4) is 6.19 Å². The maximum Gasteiger partial charge on any atom is 0.209 e. The van der Waals surface area contributed by atoms with E-state index in [-0.39, 0.29) is 0 Å². The van der Waals surface area contributed by atoms with E-state index in [1.54, 1.807) is 18.6 Å². The number of nitrogens with one attached hydrogen (secondary N) is 2. The molecule has 0 fully saturated rings. The van der Waals surface area contributed by atoms with Crippen molar-refractivity contribution in [1.29, 1.82) is 5.26 Å². The van der Waals surface area contributed by atoms with Crippen molar-refractivity contribution in [2.45, 2.75) is 13.5 Å². The van der Waals surface area contributed by atoms with E-state index in [4.69, 9.17) is 5.26 Å². The molecule has 0 bridgehead atoms. The highest BCUT2D eigenvalue weighted by Crippen LogP contribution is 1.93. The molecule has 1 aromatic rings. The normalized spacial score (nSPS) is 10.5. The average molecular weight is 203 g/mol. The first-order valence-electron chi connectivity index (χ1n) is 4.70. The third kappa shape index (κ3) is 4.09. The summed E-state index contributed by atoms with van der Waals surface area (Å²) in [6.45, 7) is 3.26. The van der Waals surface area contributed by atoms with Gasteiger partial charge in [0.25, 0.3) is 0 Å². The fourth-order valence-corrected chi connectivity index (χ4v) is 1.05. The largest absolute Gasteiger partial charge is 0.356 e. The van der Waals surface area contributed by atoms with E-state index < -0.39 is 0 Å². The summed E-state index contributed by atoms with van der Waals surface area (Å²) in [6, 6.07) is 3.82. The van der Waals surface area contributed by atoms with Gasteiger partial charge in [0.1, 0.15) is 0 Å². The Morgan fingerprint density at radius 2 is 2.47 bits per heavy atom. The summed E-state index contributed by atoms with van der Waals surface area (Å²) in [6.07, 6.45) is 5.22. The molecular weight excluding hydrogens is 190 g/mol. The van der Waals surface area contributed by atoms with Crippen molar-refractivity contribution >= 4 is 5.96 Å². The van der Waals surface area contributed by atoms with Crippen LogP contribution >= 0.6 is 0 Å². The molecule has 0 saturated heterocycles. The molecule has 0 aliphatic heterocycles. The van der Waals surface area contributed by atoms with E-state index in [1.165, 1.54) is 0 Å². The standard InChI is InChI=1S/C10H13N5/c1-2-13-10(15-8-11)14-7-9-4-3-5-12-6-9/h3-6H,2,7H2,1H3,(H2,13,14,15). The Morgan fingerprint density at radius 3 is 3.07 bits per heavy atom. The van der Waals surface area contributed by atoms with Gasteiger partial charge in [0.15, 0.2) is 0 Å². The maximum atomic E-state index is 8.43. The topological polar surface area (TPSA) is 73.1 Å². The predicted molar refractivity (Wildman–Crippen MR) is 57.8 cm³/mol. The monoisotopic (exact) mass is 203 g/mol. The smallest absolute Gasteiger partial charge is 0.209 e. The molecule has 0 saturated carbocycles. The Bertz CT molecular complexity index is 352. The van der Waals surface area contributed by atoms with E-state index in [2.05, 4.69) is 20.6 Å². The van der Waals surface area contributed by atoms with Gasteiger partial charge < -0.3 is 10.6 Å². The first-order chi connectivity index (χ1) is 7.36. The molecule has 0 aliphatic carbocycles. The van der Waals surface area contributed by atoms with Gasteiger partial charge in [0.2, 0.25) is 12.2 Å². The van der Waals surface area contributed by atoms with Crippen molar-refractivity contribution in [3.05, 3.63) is 30.1 Å². The SMILES string of the molecule is CCNC(=NC#N)NCc1cccnc1. The van der Waals surface area contributed by atoms with Gasteiger partial charge in [-0.2, -0.15) is 5.26 Å². The number of aliphatic imine (C=N–C) groups is 1.